The molecule has 0 amide bonds. The molecule has 0 atom stereocenters. The summed E-state index contributed by atoms with van der Waals surface area (Å²) in [6.07, 6.45) is 0. The van der Waals surface area contributed by atoms with Gasteiger partial charge in [-0.15, -0.1) is 11.6 Å². The number of aromatic nitrogens is 1. The van der Waals surface area contributed by atoms with E-state index < -0.39 is 0 Å². The SMILES string of the molecule is CCn1c(-c2ccc(OC)cc2OC)ccc(CCl)c1=O. The van der Waals surface area contributed by atoms with Gasteiger partial charge >= 0.3 is 0 Å². The minimum Gasteiger partial charge on any atom is -0.497 e. The number of rotatable bonds is 5. The predicted octanol–water partition coefficient (Wildman–Crippen LogP) is 3.29. The van der Waals surface area contributed by atoms with E-state index in [2.05, 4.69) is 0 Å². The van der Waals surface area contributed by atoms with E-state index in [9.17, 15) is 4.79 Å². The van der Waals surface area contributed by atoms with Gasteiger partial charge in [-0.1, -0.05) is 6.07 Å². The van der Waals surface area contributed by atoms with Crippen LogP contribution in [0.15, 0.2) is 35.1 Å². The highest BCUT2D eigenvalue weighted by atomic mass is 35.5. The standard InChI is InChI=1S/C16H18ClNO3/c1-4-18-14(8-5-11(10-17)16(18)19)13-7-6-12(20-2)9-15(13)21-3/h5-9H,4,10H2,1-3H3. The summed E-state index contributed by atoms with van der Waals surface area (Å²) in [5.41, 5.74) is 2.17. The number of benzene rings is 1. The van der Waals surface area contributed by atoms with Crippen LogP contribution in [-0.4, -0.2) is 18.8 Å². The van der Waals surface area contributed by atoms with Crippen LogP contribution in [0.25, 0.3) is 11.3 Å². The Balaban J connectivity index is 2.67. The van der Waals surface area contributed by atoms with Crippen molar-refractivity contribution in [2.24, 2.45) is 0 Å². The van der Waals surface area contributed by atoms with Crippen LogP contribution in [0.4, 0.5) is 0 Å². The summed E-state index contributed by atoms with van der Waals surface area (Å²) < 4.78 is 12.3. The van der Waals surface area contributed by atoms with Gasteiger partial charge in [-0.05, 0) is 25.1 Å². The molecule has 0 N–H and O–H groups in total. The maximum absolute atomic E-state index is 12.4. The molecule has 0 saturated carbocycles. The van der Waals surface area contributed by atoms with E-state index in [-0.39, 0.29) is 11.4 Å². The van der Waals surface area contributed by atoms with E-state index in [4.69, 9.17) is 21.1 Å². The van der Waals surface area contributed by atoms with Crippen LogP contribution in [0.5, 0.6) is 11.5 Å². The highest BCUT2D eigenvalue weighted by molar-refractivity contribution is 6.17. The van der Waals surface area contributed by atoms with E-state index in [1.165, 1.54) is 0 Å². The molecule has 1 heterocycles. The summed E-state index contributed by atoms with van der Waals surface area (Å²) in [6, 6.07) is 9.19. The van der Waals surface area contributed by atoms with E-state index >= 15 is 0 Å². The third-order valence-corrected chi connectivity index (χ3v) is 3.69. The van der Waals surface area contributed by atoms with E-state index in [0.29, 0.717) is 23.6 Å². The van der Waals surface area contributed by atoms with Crippen LogP contribution in [0.2, 0.25) is 0 Å². The average molecular weight is 308 g/mol. The van der Waals surface area contributed by atoms with Crippen molar-refractivity contribution in [3.05, 3.63) is 46.2 Å². The van der Waals surface area contributed by atoms with Crippen molar-refractivity contribution in [1.29, 1.82) is 0 Å². The number of halogens is 1. The van der Waals surface area contributed by atoms with Crippen LogP contribution in [0, 0.1) is 0 Å². The minimum absolute atomic E-state index is 0.0668. The molecule has 1 aromatic heterocycles. The molecule has 0 saturated heterocycles. The second kappa shape index (κ2) is 6.68. The van der Waals surface area contributed by atoms with Crippen molar-refractivity contribution < 1.29 is 9.47 Å². The van der Waals surface area contributed by atoms with Gasteiger partial charge < -0.3 is 14.0 Å². The molecule has 0 aliphatic heterocycles. The molecule has 0 unspecified atom stereocenters. The Morgan fingerprint density at radius 3 is 2.48 bits per heavy atom. The molecule has 112 valence electrons. The molecule has 2 rings (SSSR count). The van der Waals surface area contributed by atoms with Gasteiger partial charge in [0, 0.05) is 23.7 Å². The van der Waals surface area contributed by atoms with Gasteiger partial charge in [-0.25, -0.2) is 0 Å². The van der Waals surface area contributed by atoms with E-state index in [1.54, 1.807) is 30.9 Å². The lowest BCUT2D eigenvalue weighted by Gasteiger charge is -2.15. The Morgan fingerprint density at radius 2 is 1.90 bits per heavy atom. The first-order chi connectivity index (χ1) is 10.2. The summed E-state index contributed by atoms with van der Waals surface area (Å²) in [5.74, 6) is 1.58. The quantitative estimate of drug-likeness (QED) is 0.796. The molecular weight excluding hydrogens is 290 g/mol. The molecule has 5 heteroatoms. The molecule has 0 bridgehead atoms. The maximum Gasteiger partial charge on any atom is 0.255 e. The second-order valence-electron chi connectivity index (χ2n) is 4.49. The van der Waals surface area contributed by atoms with Crippen molar-refractivity contribution in [3.63, 3.8) is 0 Å². The third-order valence-electron chi connectivity index (χ3n) is 3.40. The van der Waals surface area contributed by atoms with Crippen LogP contribution in [-0.2, 0) is 12.4 Å². The summed E-state index contributed by atoms with van der Waals surface area (Å²) in [7, 11) is 3.20. The van der Waals surface area contributed by atoms with E-state index in [0.717, 1.165) is 11.3 Å². The van der Waals surface area contributed by atoms with Gasteiger partial charge in [0.05, 0.1) is 25.8 Å². The normalized spacial score (nSPS) is 10.5. The van der Waals surface area contributed by atoms with Crippen molar-refractivity contribution in [1.82, 2.24) is 4.57 Å². The topological polar surface area (TPSA) is 40.5 Å². The largest absolute Gasteiger partial charge is 0.497 e. The number of hydrogen-bond acceptors (Lipinski definition) is 3. The first-order valence-electron chi connectivity index (χ1n) is 6.67. The lowest BCUT2D eigenvalue weighted by Crippen LogP contribution is -2.23. The van der Waals surface area contributed by atoms with Crippen LogP contribution in [0.1, 0.15) is 12.5 Å². The molecule has 21 heavy (non-hydrogen) atoms. The van der Waals surface area contributed by atoms with Crippen LogP contribution in [0.3, 0.4) is 0 Å². The van der Waals surface area contributed by atoms with Crippen LogP contribution < -0.4 is 15.0 Å². The fraction of sp³-hybridized carbons (Fsp3) is 0.312. The fourth-order valence-electron chi connectivity index (χ4n) is 2.28. The first kappa shape index (κ1) is 15.4. The Morgan fingerprint density at radius 1 is 1.14 bits per heavy atom. The monoisotopic (exact) mass is 307 g/mol. The van der Waals surface area contributed by atoms with E-state index in [1.807, 2.05) is 25.1 Å². The van der Waals surface area contributed by atoms with Crippen molar-refractivity contribution in [2.45, 2.75) is 19.3 Å². The smallest absolute Gasteiger partial charge is 0.255 e. The van der Waals surface area contributed by atoms with Crippen molar-refractivity contribution >= 4 is 11.6 Å². The Bertz CT molecular complexity index is 694. The van der Waals surface area contributed by atoms with Gasteiger partial charge in [-0.2, -0.15) is 0 Å². The molecular formula is C16H18ClNO3. The zero-order valence-corrected chi connectivity index (χ0v) is 13.1. The summed E-state index contributed by atoms with van der Waals surface area (Å²) in [4.78, 5) is 12.4. The Hall–Kier alpha value is -1.94. The number of alkyl halides is 1. The van der Waals surface area contributed by atoms with Crippen molar-refractivity contribution in [3.8, 4) is 22.8 Å². The zero-order valence-electron chi connectivity index (χ0n) is 12.4. The van der Waals surface area contributed by atoms with Crippen molar-refractivity contribution in [2.75, 3.05) is 14.2 Å². The minimum atomic E-state index is -0.0668. The second-order valence-corrected chi connectivity index (χ2v) is 4.76. The summed E-state index contributed by atoms with van der Waals surface area (Å²) >= 11 is 5.80. The number of hydrogen-bond donors (Lipinski definition) is 0. The molecule has 0 fully saturated rings. The summed E-state index contributed by atoms with van der Waals surface area (Å²) in [6.45, 7) is 2.49. The number of ether oxygens (including phenoxy) is 2. The van der Waals surface area contributed by atoms with Crippen LogP contribution >= 0.6 is 11.6 Å². The van der Waals surface area contributed by atoms with Gasteiger partial charge in [0.25, 0.3) is 5.56 Å². The molecule has 4 nitrogen and oxygen atoms in total. The Labute approximate surface area is 128 Å². The highest BCUT2D eigenvalue weighted by Gasteiger charge is 2.13. The molecule has 1 aromatic carbocycles. The lowest BCUT2D eigenvalue weighted by atomic mass is 10.1. The first-order valence-corrected chi connectivity index (χ1v) is 7.20. The highest BCUT2D eigenvalue weighted by Crippen LogP contribution is 2.32. The van der Waals surface area contributed by atoms with Gasteiger partial charge in [-0.3, -0.25) is 4.79 Å². The molecule has 0 aliphatic rings. The fourth-order valence-corrected chi connectivity index (χ4v) is 2.49. The number of nitrogens with zero attached hydrogens (tertiary/aromatic N) is 1. The predicted molar refractivity (Wildman–Crippen MR) is 84.5 cm³/mol. The lowest BCUT2D eigenvalue weighted by molar-refractivity contribution is 0.395. The zero-order chi connectivity index (χ0) is 15.4. The number of methoxy groups -OCH3 is 2. The molecule has 0 spiro atoms. The summed E-state index contributed by atoms with van der Waals surface area (Å²) in [5, 5.41) is 0. The average Bonchev–Trinajstić information content (AvgIpc) is 2.53. The molecule has 0 radical (unpaired) electrons. The van der Waals surface area contributed by atoms with Gasteiger partial charge in [0.2, 0.25) is 0 Å². The Kier molecular flexibility index (Phi) is 4.91. The molecule has 0 aliphatic carbocycles. The van der Waals surface area contributed by atoms with Gasteiger partial charge in [0.15, 0.2) is 0 Å². The number of pyridine rings is 1. The van der Waals surface area contributed by atoms with Gasteiger partial charge in [0.1, 0.15) is 11.5 Å². The molecule has 2 aromatic rings. The maximum atomic E-state index is 12.4. The third kappa shape index (κ3) is 2.90.